The van der Waals surface area contributed by atoms with Gasteiger partial charge in [0.2, 0.25) is 0 Å². The molecular weight excluding hydrogens is 392 g/mol. The molecule has 4 aromatic rings. The van der Waals surface area contributed by atoms with Crippen molar-refractivity contribution in [3.05, 3.63) is 72.3 Å². The number of nitrogens with two attached hydrogens (primary N) is 1. The Kier molecular flexibility index (Phi) is 5.52. The molecule has 1 amide bonds. The van der Waals surface area contributed by atoms with Gasteiger partial charge in [0.1, 0.15) is 0 Å². The van der Waals surface area contributed by atoms with Crippen molar-refractivity contribution in [2.45, 2.75) is 39.0 Å². The van der Waals surface area contributed by atoms with Gasteiger partial charge in [0.05, 0.1) is 23.6 Å². The van der Waals surface area contributed by atoms with Gasteiger partial charge in [-0.1, -0.05) is 12.1 Å². The molecule has 0 saturated heterocycles. The molecule has 2 aromatic carbocycles. The number of hydrogen-bond donors (Lipinski definition) is 3. The van der Waals surface area contributed by atoms with E-state index in [1.165, 1.54) is 0 Å². The van der Waals surface area contributed by atoms with Gasteiger partial charge in [-0.3, -0.25) is 9.48 Å². The average molecular weight is 418 g/mol. The molecule has 4 rings (SSSR count). The molecule has 0 bridgehead atoms. The van der Waals surface area contributed by atoms with Crippen molar-refractivity contribution in [3.8, 4) is 11.1 Å². The fourth-order valence-electron chi connectivity index (χ4n) is 3.37. The number of rotatable bonds is 7. The van der Waals surface area contributed by atoms with Crippen molar-refractivity contribution >= 4 is 22.5 Å². The molecule has 160 valence electrons. The number of nitrogens with one attached hydrogen (secondary N) is 1. The highest BCUT2D eigenvalue weighted by Crippen LogP contribution is 2.30. The molecule has 31 heavy (non-hydrogen) atoms. The summed E-state index contributed by atoms with van der Waals surface area (Å²) < 4.78 is 6.84. The number of aromatic nitrogens is 2. The van der Waals surface area contributed by atoms with Crippen LogP contribution in [-0.2, 0) is 13.1 Å². The van der Waals surface area contributed by atoms with Gasteiger partial charge in [-0.15, -0.1) is 0 Å². The molecule has 0 aliphatic carbocycles. The van der Waals surface area contributed by atoms with Crippen LogP contribution in [0, 0.1) is 0 Å². The Morgan fingerprint density at radius 2 is 2.00 bits per heavy atom. The second-order valence-corrected chi connectivity index (χ2v) is 8.34. The lowest BCUT2D eigenvalue weighted by molar-refractivity contribution is 0.0651. The third-order valence-electron chi connectivity index (χ3n) is 5.17. The largest absolute Gasteiger partial charge is 0.472 e. The van der Waals surface area contributed by atoms with E-state index in [1.54, 1.807) is 38.5 Å². The van der Waals surface area contributed by atoms with Gasteiger partial charge in [0.15, 0.2) is 0 Å². The smallest absolute Gasteiger partial charge is 0.251 e. The molecule has 4 N–H and O–H groups in total. The number of anilines is 1. The van der Waals surface area contributed by atoms with Crippen LogP contribution >= 0.6 is 0 Å². The summed E-state index contributed by atoms with van der Waals surface area (Å²) in [7, 11) is 0. The molecule has 0 unspecified atom stereocenters. The molecule has 7 heteroatoms. The highest BCUT2D eigenvalue weighted by molar-refractivity contribution is 5.96. The summed E-state index contributed by atoms with van der Waals surface area (Å²) in [4.78, 5) is 12.4. The van der Waals surface area contributed by atoms with E-state index in [1.807, 2.05) is 41.2 Å². The second-order valence-electron chi connectivity index (χ2n) is 8.34. The summed E-state index contributed by atoms with van der Waals surface area (Å²) in [6.07, 6.45) is 5.73. The molecule has 2 aromatic heterocycles. The fourth-order valence-corrected chi connectivity index (χ4v) is 3.37. The predicted molar refractivity (Wildman–Crippen MR) is 120 cm³/mol. The first kappa shape index (κ1) is 20.7. The molecular formula is C24H26N4O3. The van der Waals surface area contributed by atoms with Crippen LogP contribution in [0.25, 0.3) is 22.0 Å². The van der Waals surface area contributed by atoms with E-state index in [0.29, 0.717) is 30.8 Å². The van der Waals surface area contributed by atoms with Crippen molar-refractivity contribution < 1.29 is 14.3 Å². The van der Waals surface area contributed by atoms with E-state index in [0.717, 1.165) is 27.6 Å². The molecule has 0 aliphatic rings. The summed E-state index contributed by atoms with van der Waals surface area (Å²) in [6.45, 7) is 4.61. The van der Waals surface area contributed by atoms with Crippen LogP contribution in [-0.4, -0.2) is 26.4 Å². The number of nitrogens with zero attached hydrogens (tertiary/aromatic N) is 2. The van der Waals surface area contributed by atoms with Gasteiger partial charge in [-0.05, 0) is 56.2 Å². The van der Waals surface area contributed by atoms with Crippen molar-refractivity contribution in [1.29, 1.82) is 0 Å². The lowest BCUT2D eigenvalue weighted by atomic mass is 10.0. The quantitative estimate of drug-likeness (QED) is 0.394. The fraction of sp³-hybridized carbons (Fsp3) is 0.250. The Morgan fingerprint density at radius 1 is 1.23 bits per heavy atom. The third kappa shape index (κ3) is 4.95. The Morgan fingerprint density at radius 3 is 2.68 bits per heavy atom. The average Bonchev–Trinajstić information content (AvgIpc) is 3.39. The van der Waals surface area contributed by atoms with Crippen LogP contribution in [0.15, 0.2) is 65.6 Å². The van der Waals surface area contributed by atoms with E-state index in [-0.39, 0.29) is 5.91 Å². The highest BCUT2D eigenvalue weighted by Gasteiger charge is 2.14. The van der Waals surface area contributed by atoms with Crippen molar-refractivity contribution in [2.75, 3.05) is 5.73 Å². The monoisotopic (exact) mass is 418 g/mol. The van der Waals surface area contributed by atoms with Crippen LogP contribution in [0.4, 0.5) is 5.69 Å². The zero-order valence-electron chi connectivity index (χ0n) is 17.6. The zero-order valence-corrected chi connectivity index (χ0v) is 17.6. The number of aryl methyl sites for hydroxylation is 1. The molecule has 2 heterocycles. The van der Waals surface area contributed by atoms with Gasteiger partial charge in [-0.2, -0.15) is 5.10 Å². The number of aliphatic hydroxyl groups is 1. The van der Waals surface area contributed by atoms with E-state index in [4.69, 9.17) is 10.2 Å². The van der Waals surface area contributed by atoms with Gasteiger partial charge in [0, 0.05) is 47.1 Å². The lowest BCUT2D eigenvalue weighted by Crippen LogP contribution is -2.22. The lowest BCUT2D eigenvalue weighted by Gasteiger charge is -2.16. The summed E-state index contributed by atoms with van der Waals surface area (Å²) in [5.41, 5.74) is 10.3. The predicted octanol–water partition coefficient (Wildman–Crippen LogP) is 3.97. The zero-order chi connectivity index (χ0) is 22.0. The van der Waals surface area contributed by atoms with Crippen LogP contribution < -0.4 is 11.1 Å². The number of furan rings is 1. The molecule has 0 saturated carbocycles. The van der Waals surface area contributed by atoms with Crippen LogP contribution in [0.1, 0.15) is 36.2 Å². The topological polar surface area (TPSA) is 106 Å². The molecule has 0 radical (unpaired) electrons. The number of fused-ring (bicyclic) bond motifs is 1. The Labute approximate surface area is 180 Å². The Balaban J connectivity index is 1.51. The number of benzene rings is 2. The van der Waals surface area contributed by atoms with Crippen molar-refractivity contribution in [1.82, 2.24) is 15.1 Å². The summed E-state index contributed by atoms with van der Waals surface area (Å²) in [5, 5.41) is 18.4. The maximum Gasteiger partial charge on any atom is 0.251 e. The van der Waals surface area contributed by atoms with Gasteiger partial charge in [-0.25, -0.2) is 0 Å². The van der Waals surface area contributed by atoms with Crippen molar-refractivity contribution in [2.24, 2.45) is 0 Å². The van der Waals surface area contributed by atoms with Crippen LogP contribution in [0.3, 0.4) is 0 Å². The number of nitrogen functional groups attached to an aromatic ring is 1. The maximum atomic E-state index is 12.4. The number of carbonyl (C=O) groups is 1. The molecule has 0 atom stereocenters. The van der Waals surface area contributed by atoms with E-state index in [2.05, 4.69) is 10.4 Å². The SMILES string of the molecule is CC(C)(O)CCn1cc2cc(N)c(-c3ccc(C(=O)NCc4ccoc4)cc3)cc2n1. The standard InChI is InChI=1S/C24H26N4O3/c1-24(2,30)8-9-28-14-19-11-21(25)20(12-22(19)27-28)17-3-5-18(6-4-17)23(29)26-13-16-7-10-31-15-16/h3-7,10-12,14-15,30H,8-9,13,25H2,1-2H3,(H,26,29). The maximum absolute atomic E-state index is 12.4. The van der Waals surface area contributed by atoms with Gasteiger partial charge >= 0.3 is 0 Å². The summed E-state index contributed by atoms with van der Waals surface area (Å²) in [6, 6.07) is 13.0. The highest BCUT2D eigenvalue weighted by atomic mass is 16.3. The van der Waals surface area contributed by atoms with E-state index >= 15 is 0 Å². The normalized spacial score (nSPS) is 11.7. The van der Waals surface area contributed by atoms with E-state index < -0.39 is 5.60 Å². The third-order valence-corrected chi connectivity index (χ3v) is 5.17. The Hall–Kier alpha value is -3.58. The van der Waals surface area contributed by atoms with Crippen LogP contribution in [0.5, 0.6) is 0 Å². The molecule has 0 aliphatic heterocycles. The first-order chi connectivity index (χ1) is 14.8. The summed E-state index contributed by atoms with van der Waals surface area (Å²) in [5.74, 6) is -0.151. The molecule has 0 fully saturated rings. The summed E-state index contributed by atoms with van der Waals surface area (Å²) >= 11 is 0. The number of amides is 1. The van der Waals surface area contributed by atoms with Crippen LogP contribution in [0.2, 0.25) is 0 Å². The number of hydrogen-bond acceptors (Lipinski definition) is 5. The minimum absolute atomic E-state index is 0.151. The van der Waals surface area contributed by atoms with Gasteiger partial charge in [0.25, 0.3) is 5.91 Å². The number of carbonyl (C=O) groups excluding carboxylic acids is 1. The molecule has 0 spiro atoms. The minimum atomic E-state index is -0.741. The van der Waals surface area contributed by atoms with Gasteiger partial charge < -0.3 is 20.6 Å². The second kappa shape index (κ2) is 8.28. The molecule has 7 nitrogen and oxygen atoms in total. The first-order valence-electron chi connectivity index (χ1n) is 10.2. The van der Waals surface area contributed by atoms with E-state index in [9.17, 15) is 9.90 Å². The van der Waals surface area contributed by atoms with Crippen molar-refractivity contribution in [3.63, 3.8) is 0 Å². The first-order valence-corrected chi connectivity index (χ1v) is 10.2. The Bertz CT molecular complexity index is 1190. The minimum Gasteiger partial charge on any atom is -0.472 e.